The smallest absolute Gasteiger partial charge is 0.349 e. The molecule has 7 heteroatoms. The summed E-state index contributed by atoms with van der Waals surface area (Å²) in [5, 5.41) is 0.205. The van der Waals surface area contributed by atoms with Crippen LogP contribution in [0.4, 0.5) is 8.78 Å². The number of benzene rings is 1. The number of aromatic nitrogens is 2. The Morgan fingerprint density at radius 3 is 2.82 bits per heavy atom. The van der Waals surface area contributed by atoms with E-state index in [9.17, 15) is 18.4 Å². The van der Waals surface area contributed by atoms with Crippen LogP contribution in [0.3, 0.4) is 0 Å². The lowest BCUT2D eigenvalue weighted by Crippen LogP contribution is -2.20. The lowest BCUT2D eigenvalue weighted by Gasteiger charge is -2.05. The first-order valence-electron chi connectivity index (χ1n) is 6.20. The van der Waals surface area contributed by atoms with Gasteiger partial charge in [0.15, 0.2) is 11.6 Å². The van der Waals surface area contributed by atoms with Gasteiger partial charge < -0.3 is 9.72 Å². The molecule has 0 radical (unpaired) electrons. The predicted molar refractivity (Wildman–Crippen MR) is 73.7 cm³/mol. The number of carbonyl (C=O) groups excluding carboxylic acids is 1. The molecule has 0 fully saturated rings. The van der Waals surface area contributed by atoms with Crippen molar-refractivity contribution in [3.05, 3.63) is 70.1 Å². The molecule has 22 heavy (non-hydrogen) atoms. The number of carbonyl (C=O) groups is 1. The highest BCUT2D eigenvalue weighted by molar-refractivity contribution is 5.94. The molecule has 1 N–H and O–H groups in total. The number of rotatable bonds is 2. The average Bonchev–Trinajstić information content (AvgIpc) is 2.50. The molecule has 0 aliphatic heterocycles. The Bertz CT molecular complexity index is 937. The topological polar surface area (TPSA) is 72.1 Å². The number of hydrogen-bond acceptors (Lipinski definition) is 4. The van der Waals surface area contributed by atoms with Crippen LogP contribution in [-0.4, -0.2) is 15.9 Å². The molecule has 3 rings (SSSR count). The molecule has 3 aromatic rings. The zero-order valence-corrected chi connectivity index (χ0v) is 11.0. The molecule has 0 saturated carbocycles. The maximum absolute atomic E-state index is 13.5. The van der Waals surface area contributed by atoms with Crippen LogP contribution in [0, 0.1) is 11.6 Å². The van der Waals surface area contributed by atoms with Crippen molar-refractivity contribution in [2.45, 2.75) is 0 Å². The van der Waals surface area contributed by atoms with Gasteiger partial charge in [-0.1, -0.05) is 0 Å². The van der Waals surface area contributed by atoms with Gasteiger partial charge in [-0.15, -0.1) is 0 Å². The van der Waals surface area contributed by atoms with Gasteiger partial charge in [0.1, 0.15) is 17.0 Å². The monoisotopic (exact) mass is 302 g/mol. The SMILES string of the molecule is O=C(Oc1ccc(F)cc1F)c1c[nH]c2ncccc2c1=O. The van der Waals surface area contributed by atoms with Crippen LogP contribution in [-0.2, 0) is 0 Å². The van der Waals surface area contributed by atoms with Crippen LogP contribution < -0.4 is 10.2 Å². The number of nitrogens with one attached hydrogen (secondary N) is 1. The fraction of sp³-hybridized carbons (Fsp3) is 0. The molecule has 5 nitrogen and oxygen atoms in total. The Labute approximate surface area is 122 Å². The number of pyridine rings is 2. The highest BCUT2D eigenvalue weighted by Gasteiger charge is 2.17. The van der Waals surface area contributed by atoms with Gasteiger partial charge in [-0.2, -0.15) is 0 Å². The maximum Gasteiger partial charge on any atom is 0.349 e. The molecule has 1 aromatic carbocycles. The summed E-state index contributed by atoms with van der Waals surface area (Å²) in [4.78, 5) is 30.8. The van der Waals surface area contributed by atoms with Gasteiger partial charge in [0.25, 0.3) is 0 Å². The lowest BCUT2D eigenvalue weighted by molar-refractivity contribution is 0.0726. The minimum Gasteiger partial charge on any atom is -0.420 e. The summed E-state index contributed by atoms with van der Waals surface area (Å²) in [5.74, 6) is -3.34. The van der Waals surface area contributed by atoms with Crippen molar-refractivity contribution < 1.29 is 18.3 Å². The number of nitrogens with zero attached hydrogens (tertiary/aromatic N) is 1. The first-order chi connectivity index (χ1) is 10.6. The molecule has 0 amide bonds. The number of fused-ring (bicyclic) bond motifs is 1. The van der Waals surface area contributed by atoms with Crippen LogP contribution >= 0.6 is 0 Å². The zero-order valence-electron chi connectivity index (χ0n) is 11.0. The van der Waals surface area contributed by atoms with E-state index in [4.69, 9.17) is 4.74 Å². The molecule has 0 atom stereocenters. The van der Waals surface area contributed by atoms with E-state index in [1.54, 1.807) is 6.07 Å². The lowest BCUT2D eigenvalue weighted by atomic mass is 10.2. The quantitative estimate of drug-likeness (QED) is 0.583. The zero-order chi connectivity index (χ0) is 15.7. The third-order valence-electron chi connectivity index (χ3n) is 2.97. The molecule has 0 saturated heterocycles. The Balaban J connectivity index is 1.99. The summed E-state index contributed by atoms with van der Waals surface area (Å²) < 4.78 is 31.1. The van der Waals surface area contributed by atoms with Crippen LogP contribution in [0.5, 0.6) is 5.75 Å². The van der Waals surface area contributed by atoms with E-state index < -0.39 is 28.8 Å². The number of ether oxygens (including phenoxy) is 1. The van der Waals surface area contributed by atoms with Gasteiger partial charge in [0.05, 0.1) is 5.39 Å². The Morgan fingerprint density at radius 2 is 2.05 bits per heavy atom. The van der Waals surface area contributed by atoms with Crippen LogP contribution in [0.15, 0.2) is 47.5 Å². The normalized spacial score (nSPS) is 10.6. The van der Waals surface area contributed by atoms with Crippen LogP contribution in [0.2, 0.25) is 0 Å². The van der Waals surface area contributed by atoms with Crippen molar-refractivity contribution in [3.63, 3.8) is 0 Å². The number of H-pyrrole nitrogens is 1. The van der Waals surface area contributed by atoms with Crippen molar-refractivity contribution >= 4 is 17.0 Å². The molecule has 2 heterocycles. The summed E-state index contributed by atoms with van der Waals surface area (Å²) in [6, 6.07) is 5.54. The van der Waals surface area contributed by atoms with E-state index in [1.807, 2.05) is 0 Å². The second kappa shape index (κ2) is 5.36. The second-order valence-electron chi connectivity index (χ2n) is 4.40. The van der Waals surface area contributed by atoms with E-state index in [1.165, 1.54) is 12.3 Å². The van der Waals surface area contributed by atoms with Crippen LogP contribution in [0.25, 0.3) is 11.0 Å². The van der Waals surface area contributed by atoms with Crippen molar-refractivity contribution in [1.82, 2.24) is 9.97 Å². The van der Waals surface area contributed by atoms with Gasteiger partial charge in [-0.3, -0.25) is 4.79 Å². The highest BCUT2D eigenvalue weighted by Crippen LogP contribution is 2.18. The Kier molecular flexibility index (Phi) is 3.38. The summed E-state index contributed by atoms with van der Waals surface area (Å²) in [6.07, 6.45) is 2.63. The summed E-state index contributed by atoms with van der Waals surface area (Å²) >= 11 is 0. The average molecular weight is 302 g/mol. The number of hydrogen-bond donors (Lipinski definition) is 1. The van der Waals surface area contributed by atoms with E-state index >= 15 is 0 Å². The fourth-order valence-electron chi connectivity index (χ4n) is 1.92. The van der Waals surface area contributed by atoms with Gasteiger partial charge in [-0.25, -0.2) is 18.6 Å². The van der Waals surface area contributed by atoms with E-state index in [0.29, 0.717) is 11.7 Å². The van der Waals surface area contributed by atoms with E-state index in [-0.39, 0.29) is 10.9 Å². The van der Waals surface area contributed by atoms with Gasteiger partial charge in [0, 0.05) is 18.5 Å². The van der Waals surface area contributed by atoms with Crippen molar-refractivity contribution in [2.24, 2.45) is 0 Å². The minimum atomic E-state index is -1.04. The molecular weight excluding hydrogens is 294 g/mol. The van der Waals surface area contributed by atoms with Crippen molar-refractivity contribution in [2.75, 3.05) is 0 Å². The molecule has 2 aromatic heterocycles. The van der Waals surface area contributed by atoms with Crippen molar-refractivity contribution in [3.8, 4) is 5.75 Å². The van der Waals surface area contributed by atoms with Gasteiger partial charge in [-0.05, 0) is 24.3 Å². The Morgan fingerprint density at radius 1 is 1.23 bits per heavy atom. The van der Waals surface area contributed by atoms with E-state index in [2.05, 4.69) is 9.97 Å². The predicted octanol–water partition coefficient (Wildman–Crippen LogP) is 2.42. The fourth-order valence-corrected chi connectivity index (χ4v) is 1.92. The molecule has 0 aliphatic carbocycles. The minimum absolute atomic E-state index is 0.205. The molecule has 0 unspecified atom stereocenters. The first-order valence-corrected chi connectivity index (χ1v) is 6.20. The number of esters is 1. The second-order valence-corrected chi connectivity index (χ2v) is 4.40. The highest BCUT2D eigenvalue weighted by atomic mass is 19.1. The third kappa shape index (κ3) is 2.44. The summed E-state index contributed by atoms with van der Waals surface area (Å²) in [6.45, 7) is 0. The molecule has 0 spiro atoms. The van der Waals surface area contributed by atoms with E-state index in [0.717, 1.165) is 18.3 Å². The van der Waals surface area contributed by atoms with Gasteiger partial charge in [0.2, 0.25) is 5.43 Å². The van der Waals surface area contributed by atoms with Crippen LogP contribution in [0.1, 0.15) is 10.4 Å². The molecule has 110 valence electrons. The summed E-state index contributed by atoms with van der Waals surface area (Å²) in [7, 11) is 0. The molecular formula is C15H8F2N2O3. The third-order valence-corrected chi connectivity index (χ3v) is 2.97. The molecule has 0 aliphatic rings. The summed E-state index contributed by atoms with van der Waals surface area (Å²) in [5.41, 5.74) is -0.574. The standard InChI is InChI=1S/C15H8F2N2O3/c16-8-3-4-12(11(17)6-8)22-15(21)10-7-19-14-9(13(10)20)2-1-5-18-14/h1-7H,(H,18,19,20). The largest absolute Gasteiger partial charge is 0.420 e. The first kappa shape index (κ1) is 13.9. The maximum atomic E-state index is 13.5. The van der Waals surface area contributed by atoms with Crippen molar-refractivity contribution in [1.29, 1.82) is 0 Å². The Hall–Kier alpha value is -3.09. The molecule has 0 bridgehead atoms. The van der Waals surface area contributed by atoms with Gasteiger partial charge >= 0.3 is 5.97 Å². The number of aromatic amines is 1. The number of halogens is 2.